The van der Waals surface area contributed by atoms with E-state index in [4.69, 9.17) is 11.6 Å². The molecule has 3 atom stereocenters. The number of hydrogen-bond acceptors (Lipinski definition) is 6. The molecule has 1 aliphatic heterocycles. The Kier molecular flexibility index (Phi) is 8.26. The fourth-order valence-corrected chi connectivity index (χ4v) is 4.80. The predicted molar refractivity (Wildman–Crippen MR) is 147 cm³/mol. The number of hydrogen-bond donors (Lipinski definition) is 1. The number of carbonyl (C=O) groups excluding carboxylic acids is 3. The van der Waals surface area contributed by atoms with Gasteiger partial charge in [-0.1, -0.05) is 30.7 Å². The summed E-state index contributed by atoms with van der Waals surface area (Å²) in [5.74, 6) is -0.698. The molecule has 0 radical (unpaired) electrons. The lowest BCUT2D eigenvalue weighted by molar-refractivity contribution is -0.156. The highest BCUT2D eigenvalue weighted by Crippen LogP contribution is 2.33. The fraction of sp³-hybridized carbons (Fsp3) is 0.321. The molecule has 1 N–H and O–H groups in total. The largest absolute Gasteiger partial charge is 0.363 e. The summed E-state index contributed by atoms with van der Waals surface area (Å²) in [4.78, 5) is 53.3. The molecule has 1 aromatic carbocycles. The minimum absolute atomic E-state index is 0.304. The van der Waals surface area contributed by atoms with Crippen molar-refractivity contribution in [2.24, 2.45) is 5.92 Å². The quantitative estimate of drug-likeness (QED) is 0.437. The maximum absolute atomic E-state index is 13.7. The molecule has 9 nitrogen and oxygen atoms in total. The summed E-state index contributed by atoms with van der Waals surface area (Å²) in [6.07, 6.45) is 5.73. The Bertz CT molecular complexity index is 1320. The van der Waals surface area contributed by atoms with Crippen LogP contribution in [0.4, 0.5) is 16.3 Å². The average Bonchev–Trinajstić information content (AvgIpc) is 2.92. The van der Waals surface area contributed by atoms with Crippen molar-refractivity contribution in [3.63, 3.8) is 0 Å². The van der Waals surface area contributed by atoms with Gasteiger partial charge in [0.1, 0.15) is 11.9 Å². The Morgan fingerprint density at radius 3 is 2.47 bits per heavy atom. The molecule has 0 aliphatic carbocycles. The molecule has 1 saturated heterocycles. The molecule has 198 valence electrons. The predicted octanol–water partition coefficient (Wildman–Crippen LogP) is 4.09. The number of β-lactam (4-membered cyclic amide) rings is 1. The van der Waals surface area contributed by atoms with E-state index in [-0.39, 0.29) is 11.9 Å². The van der Waals surface area contributed by atoms with Gasteiger partial charge in [0.25, 0.3) is 5.91 Å². The number of likely N-dealkylation sites (N-methyl/N-ethyl adjacent to an activating group) is 1. The highest BCUT2D eigenvalue weighted by molar-refractivity contribution is 6.30. The van der Waals surface area contributed by atoms with E-state index in [1.165, 1.54) is 4.90 Å². The van der Waals surface area contributed by atoms with Crippen LogP contribution in [0.5, 0.6) is 0 Å². The Hall–Kier alpha value is -3.98. The number of nitrogens with one attached hydrogen (secondary N) is 1. The number of rotatable bonds is 8. The molecule has 1 aliphatic rings. The van der Waals surface area contributed by atoms with Crippen LogP contribution < -0.4 is 15.1 Å². The first-order valence-corrected chi connectivity index (χ1v) is 12.8. The fourth-order valence-electron chi connectivity index (χ4n) is 4.60. The Balaban J connectivity index is 1.61. The van der Waals surface area contributed by atoms with Gasteiger partial charge < -0.3 is 15.1 Å². The molecule has 0 spiro atoms. The van der Waals surface area contributed by atoms with Crippen LogP contribution in [0, 0.1) is 5.92 Å². The molecule has 0 saturated carbocycles. The molecular weight excluding hydrogens is 504 g/mol. The zero-order chi connectivity index (χ0) is 27.4. The van der Waals surface area contributed by atoms with Gasteiger partial charge in [-0.3, -0.25) is 19.5 Å². The first-order chi connectivity index (χ1) is 18.2. The third-order valence-corrected chi connectivity index (χ3v) is 6.98. The standard InChI is InChI=1S/C28H31ClN6O3/c1-5-23(19-7-6-8-20(29)17-19)32-28(38)35-25(27(37)34(4)21-10-12-30-13-11-21)22(26(35)36)15-18-9-14-31-24(16-18)33(2)3/h6-14,16-17,22-23,25H,5,15H2,1-4H3,(H,32,38)/t22-,23?,25+/m1/s1. The van der Waals surface area contributed by atoms with Crippen LogP contribution >= 0.6 is 11.6 Å². The number of aromatic nitrogens is 2. The number of anilines is 2. The summed E-state index contributed by atoms with van der Waals surface area (Å²) >= 11 is 6.15. The lowest BCUT2D eigenvalue weighted by Gasteiger charge is -2.46. The van der Waals surface area contributed by atoms with Gasteiger partial charge in [-0.2, -0.15) is 0 Å². The summed E-state index contributed by atoms with van der Waals surface area (Å²) < 4.78 is 0. The number of halogens is 1. The van der Waals surface area contributed by atoms with Crippen LogP contribution in [0.2, 0.25) is 5.02 Å². The van der Waals surface area contributed by atoms with Crippen LogP contribution in [0.15, 0.2) is 67.1 Å². The van der Waals surface area contributed by atoms with Gasteiger partial charge in [0.15, 0.2) is 0 Å². The highest BCUT2D eigenvalue weighted by Gasteiger charge is 2.55. The molecule has 38 heavy (non-hydrogen) atoms. The van der Waals surface area contributed by atoms with E-state index in [1.807, 2.05) is 50.2 Å². The SMILES string of the molecule is CCC(NC(=O)N1C(=O)[C@H](Cc2ccnc(N(C)C)c2)[C@H]1C(=O)N(C)c1ccncc1)c1cccc(Cl)c1. The number of urea groups is 1. The number of pyridine rings is 2. The Morgan fingerprint density at radius 2 is 1.82 bits per heavy atom. The van der Waals surface area contributed by atoms with Crippen molar-refractivity contribution >= 4 is 41.0 Å². The van der Waals surface area contributed by atoms with Gasteiger partial charge in [0.2, 0.25) is 5.91 Å². The van der Waals surface area contributed by atoms with Gasteiger partial charge in [-0.15, -0.1) is 0 Å². The molecule has 4 amide bonds. The topological polar surface area (TPSA) is 98.7 Å². The van der Waals surface area contributed by atoms with E-state index in [1.54, 1.807) is 49.9 Å². The zero-order valence-corrected chi connectivity index (χ0v) is 22.6. The average molecular weight is 535 g/mol. The molecule has 3 aromatic rings. The minimum Gasteiger partial charge on any atom is -0.363 e. The smallest absolute Gasteiger partial charge is 0.325 e. The molecule has 10 heteroatoms. The molecule has 0 bridgehead atoms. The highest BCUT2D eigenvalue weighted by atomic mass is 35.5. The number of imide groups is 1. The summed E-state index contributed by atoms with van der Waals surface area (Å²) in [7, 11) is 5.39. The molecule has 1 fully saturated rings. The molecule has 2 aromatic heterocycles. The first kappa shape index (κ1) is 27.1. The van der Waals surface area contributed by atoms with Crippen molar-refractivity contribution in [2.45, 2.75) is 31.8 Å². The third kappa shape index (κ3) is 5.62. The second-order valence-corrected chi connectivity index (χ2v) is 9.88. The number of carbonyl (C=O) groups is 3. The van der Waals surface area contributed by atoms with Crippen LogP contribution in [-0.4, -0.2) is 59.9 Å². The van der Waals surface area contributed by atoms with Crippen LogP contribution in [0.1, 0.15) is 30.5 Å². The van der Waals surface area contributed by atoms with E-state index >= 15 is 0 Å². The summed E-state index contributed by atoms with van der Waals surface area (Å²) in [5, 5.41) is 3.48. The van der Waals surface area contributed by atoms with E-state index in [2.05, 4.69) is 15.3 Å². The molecule has 4 rings (SSSR count). The van der Waals surface area contributed by atoms with E-state index in [0.29, 0.717) is 23.6 Å². The molecular formula is C28H31ClN6O3. The maximum Gasteiger partial charge on any atom is 0.325 e. The second-order valence-electron chi connectivity index (χ2n) is 9.45. The van der Waals surface area contributed by atoms with Crippen molar-refractivity contribution in [3.8, 4) is 0 Å². The van der Waals surface area contributed by atoms with E-state index < -0.39 is 23.9 Å². The summed E-state index contributed by atoms with van der Waals surface area (Å²) in [5.41, 5.74) is 2.30. The van der Waals surface area contributed by atoms with Crippen molar-refractivity contribution in [3.05, 3.63) is 83.3 Å². The Morgan fingerprint density at radius 1 is 1.08 bits per heavy atom. The molecule has 1 unspecified atom stereocenters. The Labute approximate surface area is 227 Å². The molecule has 3 heterocycles. The number of likely N-dealkylation sites (tertiary alicyclic amines) is 1. The number of amides is 4. The normalized spacial score (nSPS) is 17.4. The van der Waals surface area contributed by atoms with E-state index in [9.17, 15) is 14.4 Å². The van der Waals surface area contributed by atoms with Gasteiger partial charge in [0, 0.05) is 50.4 Å². The monoisotopic (exact) mass is 534 g/mol. The first-order valence-electron chi connectivity index (χ1n) is 12.4. The van der Waals surface area contributed by atoms with Gasteiger partial charge >= 0.3 is 6.03 Å². The zero-order valence-electron chi connectivity index (χ0n) is 21.8. The minimum atomic E-state index is -0.964. The third-order valence-electron chi connectivity index (χ3n) is 6.75. The van der Waals surface area contributed by atoms with Crippen LogP contribution in [0.3, 0.4) is 0 Å². The number of nitrogens with zero attached hydrogens (tertiary/aromatic N) is 5. The van der Waals surface area contributed by atoms with Crippen molar-refractivity contribution in [2.75, 3.05) is 30.9 Å². The van der Waals surface area contributed by atoms with Gasteiger partial charge in [0.05, 0.1) is 12.0 Å². The lowest BCUT2D eigenvalue weighted by Crippen LogP contribution is -2.70. The van der Waals surface area contributed by atoms with Gasteiger partial charge in [-0.25, -0.2) is 9.78 Å². The number of benzene rings is 1. The van der Waals surface area contributed by atoms with Crippen LogP contribution in [-0.2, 0) is 16.0 Å². The van der Waals surface area contributed by atoms with E-state index in [0.717, 1.165) is 21.8 Å². The van der Waals surface area contributed by atoms with Crippen LogP contribution in [0.25, 0.3) is 0 Å². The van der Waals surface area contributed by atoms with Crippen molar-refractivity contribution < 1.29 is 14.4 Å². The van der Waals surface area contributed by atoms with Crippen molar-refractivity contribution in [1.29, 1.82) is 0 Å². The summed E-state index contributed by atoms with van der Waals surface area (Å²) in [6, 6.07) is 12.4. The van der Waals surface area contributed by atoms with Crippen molar-refractivity contribution in [1.82, 2.24) is 20.2 Å². The maximum atomic E-state index is 13.7. The van der Waals surface area contributed by atoms with Gasteiger partial charge in [-0.05, 0) is 60.4 Å². The lowest BCUT2D eigenvalue weighted by atomic mass is 9.81. The summed E-state index contributed by atoms with van der Waals surface area (Å²) in [6.45, 7) is 1.93. The second kappa shape index (κ2) is 11.6.